The van der Waals surface area contributed by atoms with Crippen molar-refractivity contribution in [2.24, 2.45) is 0 Å². The molecule has 8 nitrogen and oxygen atoms in total. The second-order valence-corrected chi connectivity index (χ2v) is 5.17. The number of hydrogen-bond acceptors (Lipinski definition) is 5. The number of amides is 1. The van der Waals surface area contributed by atoms with E-state index in [4.69, 9.17) is 5.26 Å². The molecule has 2 N–H and O–H groups in total. The highest BCUT2D eigenvalue weighted by atomic mass is 32.1. The third kappa shape index (κ3) is 3.11. The van der Waals surface area contributed by atoms with Crippen LogP contribution in [-0.2, 0) is 0 Å². The zero-order valence-electron chi connectivity index (χ0n) is 12.0. The van der Waals surface area contributed by atoms with Crippen molar-refractivity contribution in [1.82, 2.24) is 30.3 Å². The lowest BCUT2D eigenvalue weighted by Crippen LogP contribution is -2.25. The van der Waals surface area contributed by atoms with Crippen molar-refractivity contribution in [1.29, 1.82) is 5.26 Å². The fourth-order valence-electron chi connectivity index (χ4n) is 2.23. The van der Waals surface area contributed by atoms with Crippen molar-refractivity contribution in [2.75, 3.05) is 0 Å². The lowest BCUT2D eigenvalue weighted by molar-refractivity contribution is 0.259. The van der Waals surface area contributed by atoms with Gasteiger partial charge in [-0.05, 0) is 17.7 Å². The molecule has 1 atom stereocenters. The lowest BCUT2D eigenvalue weighted by Gasteiger charge is -2.16. The van der Waals surface area contributed by atoms with Gasteiger partial charge in [0.25, 0.3) is 5.24 Å². The highest BCUT2D eigenvalue weighted by Gasteiger charge is 2.20. The number of nitriles is 1. The minimum Gasteiger partial charge on any atom is -0.335 e. The van der Waals surface area contributed by atoms with Crippen LogP contribution in [0.3, 0.4) is 0 Å². The predicted octanol–water partition coefficient (Wildman–Crippen LogP) is 1.73. The first-order chi connectivity index (χ1) is 11.6. The van der Waals surface area contributed by atoms with E-state index in [1.165, 1.54) is 35.4 Å². The van der Waals surface area contributed by atoms with Gasteiger partial charge < -0.3 is 9.88 Å². The number of benzene rings is 1. The lowest BCUT2D eigenvalue weighted by atomic mass is 10.0. The molecular weight excluding hydrogens is 333 g/mol. The molecule has 3 rings (SSSR count). The normalized spacial score (nSPS) is 11.7. The molecule has 1 unspecified atom stereocenters. The number of halogens is 1. The molecule has 24 heavy (non-hydrogen) atoms. The van der Waals surface area contributed by atoms with Crippen LogP contribution < -0.4 is 5.32 Å². The molecule has 0 bridgehead atoms. The second kappa shape index (κ2) is 6.51. The zero-order valence-corrected chi connectivity index (χ0v) is 12.9. The topological polar surface area (TPSA) is 112 Å². The Morgan fingerprint density at radius 3 is 2.92 bits per heavy atom. The van der Waals surface area contributed by atoms with Crippen LogP contribution in [0.25, 0.3) is 5.69 Å². The molecule has 0 aliphatic carbocycles. The molecular formula is C14H10FN7OS. The van der Waals surface area contributed by atoms with Crippen molar-refractivity contribution in [3.63, 3.8) is 0 Å². The van der Waals surface area contributed by atoms with E-state index in [0.29, 0.717) is 11.3 Å². The van der Waals surface area contributed by atoms with Crippen LogP contribution in [0, 0.1) is 17.1 Å². The molecule has 0 saturated carbocycles. The van der Waals surface area contributed by atoms with Gasteiger partial charge in [0.1, 0.15) is 29.9 Å². The Kier molecular flexibility index (Phi) is 4.26. The van der Waals surface area contributed by atoms with E-state index in [1.807, 2.05) is 6.07 Å². The van der Waals surface area contributed by atoms with Crippen molar-refractivity contribution in [2.45, 2.75) is 6.04 Å². The average Bonchev–Trinajstić information content (AvgIpc) is 3.23. The Morgan fingerprint density at radius 1 is 1.50 bits per heavy atom. The largest absolute Gasteiger partial charge is 0.335 e. The fraction of sp³-hybridized carbons (Fsp3) is 0.0714. The van der Waals surface area contributed by atoms with E-state index in [2.05, 4.69) is 38.3 Å². The molecule has 0 aliphatic heterocycles. The number of aromatic nitrogens is 5. The van der Waals surface area contributed by atoms with Gasteiger partial charge in [-0.15, -0.1) is 0 Å². The summed E-state index contributed by atoms with van der Waals surface area (Å²) < 4.78 is 15.9. The molecule has 1 amide bonds. The highest BCUT2D eigenvalue weighted by Crippen LogP contribution is 2.24. The Hall–Kier alpha value is -3.19. The maximum atomic E-state index is 14.5. The smallest absolute Gasteiger partial charge is 0.276 e. The SMILES string of the molecule is N#Cc1cn(-c2ccc(C(NC(=O)S)c3cn[nH]n3)cc2F)cn1. The molecule has 120 valence electrons. The van der Waals surface area contributed by atoms with E-state index >= 15 is 0 Å². The quantitative estimate of drug-likeness (QED) is 0.625. The third-order valence-corrected chi connectivity index (χ3v) is 3.41. The summed E-state index contributed by atoms with van der Waals surface area (Å²) in [5.41, 5.74) is 1.29. The fourth-order valence-corrected chi connectivity index (χ4v) is 2.35. The molecule has 0 saturated heterocycles. The van der Waals surface area contributed by atoms with Crippen LogP contribution in [0.4, 0.5) is 9.18 Å². The molecule has 2 heterocycles. The van der Waals surface area contributed by atoms with Crippen LogP contribution in [-0.4, -0.2) is 30.2 Å². The van der Waals surface area contributed by atoms with Crippen molar-refractivity contribution < 1.29 is 9.18 Å². The summed E-state index contributed by atoms with van der Waals surface area (Å²) >= 11 is 3.69. The van der Waals surface area contributed by atoms with E-state index in [0.717, 1.165) is 0 Å². The number of rotatable bonds is 4. The number of thiol groups is 1. The maximum Gasteiger partial charge on any atom is 0.276 e. The zero-order chi connectivity index (χ0) is 17.1. The van der Waals surface area contributed by atoms with Crippen LogP contribution in [0.15, 0.2) is 36.9 Å². The summed E-state index contributed by atoms with van der Waals surface area (Å²) in [6, 6.07) is 5.60. The monoisotopic (exact) mass is 343 g/mol. The van der Waals surface area contributed by atoms with Gasteiger partial charge in [-0.2, -0.15) is 20.7 Å². The molecule has 1 aromatic carbocycles. The summed E-state index contributed by atoms with van der Waals surface area (Å²) in [7, 11) is 0. The number of carbonyl (C=O) groups is 1. The minimum absolute atomic E-state index is 0.182. The Labute approximate surface area is 140 Å². The highest BCUT2D eigenvalue weighted by molar-refractivity contribution is 7.96. The molecule has 3 aromatic rings. The van der Waals surface area contributed by atoms with Crippen LogP contribution in [0.1, 0.15) is 23.0 Å². The molecule has 0 spiro atoms. The van der Waals surface area contributed by atoms with Crippen molar-refractivity contribution in [3.8, 4) is 11.8 Å². The first-order valence-corrected chi connectivity index (χ1v) is 7.12. The number of imidazole rings is 1. The van der Waals surface area contributed by atoms with Crippen molar-refractivity contribution >= 4 is 17.9 Å². The standard InChI is InChI=1S/C14H10FN7OS/c15-10-3-8(13(19-14(23)24)11-5-18-21-20-11)1-2-12(10)22-6-9(4-16)17-7-22/h1-3,5-7,13H,(H,18,20,21)(H2,19,23,24). The Morgan fingerprint density at radius 2 is 2.33 bits per heavy atom. The van der Waals surface area contributed by atoms with Gasteiger partial charge in [-0.3, -0.25) is 4.79 Å². The van der Waals surface area contributed by atoms with E-state index < -0.39 is 17.1 Å². The van der Waals surface area contributed by atoms with Crippen molar-refractivity contribution in [3.05, 3.63) is 59.7 Å². The van der Waals surface area contributed by atoms with Gasteiger partial charge in [0.15, 0.2) is 5.69 Å². The predicted molar refractivity (Wildman–Crippen MR) is 84.0 cm³/mol. The van der Waals surface area contributed by atoms with Gasteiger partial charge in [0, 0.05) is 6.20 Å². The maximum absolute atomic E-state index is 14.5. The van der Waals surface area contributed by atoms with Crippen LogP contribution in [0.5, 0.6) is 0 Å². The van der Waals surface area contributed by atoms with Gasteiger partial charge in [0.2, 0.25) is 0 Å². The summed E-state index contributed by atoms with van der Waals surface area (Å²) in [6.45, 7) is 0. The second-order valence-electron chi connectivity index (χ2n) is 4.77. The van der Waals surface area contributed by atoms with E-state index in [1.54, 1.807) is 6.07 Å². The first kappa shape index (κ1) is 15.7. The summed E-state index contributed by atoms with van der Waals surface area (Å²) in [5.74, 6) is -0.545. The van der Waals surface area contributed by atoms with Gasteiger partial charge >= 0.3 is 0 Å². The van der Waals surface area contributed by atoms with E-state index in [-0.39, 0.29) is 11.4 Å². The number of aromatic amines is 1. The third-order valence-electron chi connectivity index (χ3n) is 3.28. The first-order valence-electron chi connectivity index (χ1n) is 6.67. The number of nitrogens with one attached hydrogen (secondary N) is 2. The molecule has 0 aliphatic rings. The van der Waals surface area contributed by atoms with Gasteiger partial charge in [-0.1, -0.05) is 18.7 Å². The van der Waals surface area contributed by atoms with E-state index in [9.17, 15) is 9.18 Å². The number of nitrogens with zero attached hydrogens (tertiary/aromatic N) is 5. The summed E-state index contributed by atoms with van der Waals surface area (Å²) in [4.78, 5) is 15.1. The molecule has 10 heteroatoms. The summed E-state index contributed by atoms with van der Waals surface area (Å²) in [6.07, 6.45) is 4.19. The number of H-pyrrole nitrogens is 1. The summed E-state index contributed by atoms with van der Waals surface area (Å²) in [5, 5.41) is 20.8. The Bertz CT molecular complexity index is 916. The molecule has 0 radical (unpaired) electrons. The number of hydrogen-bond donors (Lipinski definition) is 3. The van der Waals surface area contributed by atoms with Gasteiger partial charge in [-0.25, -0.2) is 9.37 Å². The van der Waals surface area contributed by atoms with Crippen LogP contribution >= 0.6 is 12.6 Å². The molecule has 0 fully saturated rings. The molecule has 2 aromatic heterocycles. The Balaban J connectivity index is 1.98. The average molecular weight is 343 g/mol. The minimum atomic E-state index is -0.699. The number of carbonyl (C=O) groups excluding carboxylic acids is 1. The van der Waals surface area contributed by atoms with Crippen LogP contribution in [0.2, 0.25) is 0 Å². The van der Waals surface area contributed by atoms with Gasteiger partial charge in [0.05, 0.1) is 11.9 Å².